The highest BCUT2D eigenvalue weighted by atomic mass is 16.3. The lowest BCUT2D eigenvalue weighted by molar-refractivity contribution is -0.137. The van der Waals surface area contributed by atoms with Gasteiger partial charge in [-0.05, 0) is 43.9 Å². The molecule has 3 heteroatoms. The number of aliphatic hydroxyl groups excluding tert-OH is 1. The Hall–Kier alpha value is -0.570. The summed E-state index contributed by atoms with van der Waals surface area (Å²) >= 11 is 0. The van der Waals surface area contributed by atoms with Gasteiger partial charge in [0.05, 0.1) is 12.6 Å². The molecule has 3 aliphatic rings. The van der Waals surface area contributed by atoms with Crippen LogP contribution in [0.1, 0.15) is 32.1 Å². The van der Waals surface area contributed by atoms with Gasteiger partial charge in [-0.1, -0.05) is 0 Å². The van der Waals surface area contributed by atoms with E-state index in [1.807, 2.05) is 4.90 Å². The average Bonchev–Trinajstić information content (AvgIpc) is 2.72. The minimum absolute atomic E-state index is 0.120. The van der Waals surface area contributed by atoms with E-state index < -0.39 is 0 Å². The lowest BCUT2D eigenvalue weighted by Crippen LogP contribution is -2.41. The molecule has 2 unspecified atom stereocenters. The second-order valence-electron chi connectivity index (χ2n) is 5.43. The molecule has 0 spiro atoms. The van der Waals surface area contributed by atoms with Crippen molar-refractivity contribution in [3.63, 3.8) is 0 Å². The van der Waals surface area contributed by atoms with Gasteiger partial charge in [-0.15, -0.1) is 0 Å². The zero-order valence-electron chi connectivity index (χ0n) is 9.06. The molecule has 2 saturated carbocycles. The fraction of sp³-hybridized carbons (Fsp3) is 0.917. The topological polar surface area (TPSA) is 40.5 Å². The molecular formula is C12H19NO2. The van der Waals surface area contributed by atoms with Crippen LogP contribution in [-0.4, -0.2) is 35.1 Å². The molecule has 1 saturated heterocycles. The molecule has 0 aromatic heterocycles. The van der Waals surface area contributed by atoms with E-state index in [-0.39, 0.29) is 12.6 Å². The Labute approximate surface area is 90.5 Å². The van der Waals surface area contributed by atoms with Crippen molar-refractivity contribution in [3.05, 3.63) is 0 Å². The van der Waals surface area contributed by atoms with Gasteiger partial charge in [0, 0.05) is 12.5 Å². The average molecular weight is 209 g/mol. The lowest BCUT2D eigenvalue weighted by atomic mass is 10.0. The largest absolute Gasteiger partial charge is 0.394 e. The predicted molar refractivity (Wildman–Crippen MR) is 56.1 cm³/mol. The number of fused-ring (bicyclic) bond motifs is 1. The van der Waals surface area contributed by atoms with Crippen molar-refractivity contribution in [3.8, 4) is 0 Å². The second-order valence-corrected chi connectivity index (χ2v) is 5.43. The molecule has 0 radical (unpaired) electrons. The predicted octanol–water partition coefficient (Wildman–Crippen LogP) is 1.02. The number of carbonyl (C=O) groups is 1. The van der Waals surface area contributed by atoms with Crippen LogP contribution in [0.2, 0.25) is 0 Å². The van der Waals surface area contributed by atoms with Crippen LogP contribution in [0.3, 0.4) is 0 Å². The smallest absolute Gasteiger partial charge is 0.226 e. The van der Waals surface area contributed by atoms with Crippen molar-refractivity contribution in [2.75, 3.05) is 13.2 Å². The van der Waals surface area contributed by atoms with E-state index >= 15 is 0 Å². The highest BCUT2D eigenvalue weighted by molar-refractivity contribution is 5.80. The maximum absolute atomic E-state index is 12.2. The van der Waals surface area contributed by atoms with Crippen molar-refractivity contribution >= 4 is 5.91 Å². The lowest BCUT2D eigenvalue weighted by Gasteiger charge is -2.26. The summed E-state index contributed by atoms with van der Waals surface area (Å²) in [6.07, 6.45) is 5.67. The molecule has 3 fully saturated rings. The quantitative estimate of drug-likeness (QED) is 0.737. The minimum Gasteiger partial charge on any atom is -0.394 e. The molecule has 15 heavy (non-hydrogen) atoms. The Morgan fingerprint density at radius 3 is 2.67 bits per heavy atom. The van der Waals surface area contributed by atoms with E-state index in [9.17, 15) is 9.90 Å². The van der Waals surface area contributed by atoms with Crippen molar-refractivity contribution < 1.29 is 9.90 Å². The number of amides is 1. The van der Waals surface area contributed by atoms with Crippen LogP contribution in [0, 0.1) is 17.8 Å². The number of hydrogen-bond donors (Lipinski definition) is 1. The zero-order chi connectivity index (χ0) is 10.4. The van der Waals surface area contributed by atoms with Gasteiger partial charge in [0.25, 0.3) is 0 Å². The summed E-state index contributed by atoms with van der Waals surface area (Å²) < 4.78 is 0. The normalized spacial score (nSPS) is 43.1. The molecule has 1 N–H and O–H groups in total. The van der Waals surface area contributed by atoms with Crippen LogP contribution in [0.15, 0.2) is 0 Å². The van der Waals surface area contributed by atoms with E-state index in [0.29, 0.717) is 11.8 Å². The number of likely N-dealkylation sites (tertiary alicyclic amines) is 1. The molecule has 0 bridgehead atoms. The third-order valence-electron chi connectivity index (χ3n) is 4.46. The molecule has 0 aromatic carbocycles. The number of carbonyl (C=O) groups excluding carboxylic acids is 1. The number of rotatable bonds is 2. The fourth-order valence-electron chi connectivity index (χ4n) is 3.47. The third-order valence-corrected chi connectivity index (χ3v) is 4.46. The first-order chi connectivity index (χ1) is 7.29. The van der Waals surface area contributed by atoms with Crippen molar-refractivity contribution in [2.24, 2.45) is 17.8 Å². The summed E-state index contributed by atoms with van der Waals surface area (Å²) in [4.78, 5) is 14.1. The standard InChI is InChI=1S/C12H19NO2/c14-7-11-2-1-3-13(11)12(15)10-5-8-4-9(8)6-10/h8-11,14H,1-7H2/t8?,9?,10?,11-/m1/s1. The molecule has 3 atom stereocenters. The van der Waals surface area contributed by atoms with Gasteiger partial charge in [-0.2, -0.15) is 0 Å². The van der Waals surface area contributed by atoms with Gasteiger partial charge in [-0.3, -0.25) is 4.79 Å². The highest BCUT2D eigenvalue weighted by Crippen LogP contribution is 2.54. The van der Waals surface area contributed by atoms with E-state index in [0.717, 1.165) is 44.1 Å². The number of aliphatic hydroxyl groups is 1. The molecule has 1 amide bonds. The second kappa shape index (κ2) is 3.48. The van der Waals surface area contributed by atoms with Crippen LogP contribution in [0.5, 0.6) is 0 Å². The van der Waals surface area contributed by atoms with Gasteiger partial charge in [-0.25, -0.2) is 0 Å². The molecule has 3 rings (SSSR count). The zero-order valence-corrected chi connectivity index (χ0v) is 9.06. The highest BCUT2D eigenvalue weighted by Gasteiger charge is 2.49. The first-order valence-corrected chi connectivity index (χ1v) is 6.21. The number of nitrogens with zero attached hydrogens (tertiary/aromatic N) is 1. The van der Waals surface area contributed by atoms with E-state index in [1.165, 1.54) is 6.42 Å². The molecule has 84 valence electrons. The number of hydrogen-bond acceptors (Lipinski definition) is 2. The van der Waals surface area contributed by atoms with Crippen LogP contribution < -0.4 is 0 Å². The van der Waals surface area contributed by atoms with Crippen LogP contribution in [-0.2, 0) is 4.79 Å². The van der Waals surface area contributed by atoms with E-state index in [2.05, 4.69) is 0 Å². The maximum atomic E-state index is 12.2. The summed E-state index contributed by atoms with van der Waals surface area (Å²) in [5.74, 6) is 2.36. The fourth-order valence-corrected chi connectivity index (χ4v) is 3.47. The Morgan fingerprint density at radius 1 is 1.27 bits per heavy atom. The summed E-state index contributed by atoms with van der Waals surface area (Å²) in [5.41, 5.74) is 0. The molecule has 1 heterocycles. The Morgan fingerprint density at radius 2 is 2.00 bits per heavy atom. The van der Waals surface area contributed by atoms with Crippen LogP contribution in [0.25, 0.3) is 0 Å². The van der Waals surface area contributed by atoms with Gasteiger partial charge >= 0.3 is 0 Å². The van der Waals surface area contributed by atoms with Crippen LogP contribution in [0.4, 0.5) is 0 Å². The van der Waals surface area contributed by atoms with Crippen molar-refractivity contribution in [1.82, 2.24) is 4.90 Å². The van der Waals surface area contributed by atoms with E-state index in [1.54, 1.807) is 0 Å². The van der Waals surface area contributed by atoms with Crippen LogP contribution >= 0.6 is 0 Å². The van der Waals surface area contributed by atoms with Crippen molar-refractivity contribution in [1.29, 1.82) is 0 Å². The molecule has 1 aliphatic heterocycles. The van der Waals surface area contributed by atoms with Gasteiger partial charge in [0.15, 0.2) is 0 Å². The Balaban J connectivity index is 1.63. The SMILES string of the molecule is O=C(C1CC2CC2C1)N1CCC[C@@H]1CO. The van der Waals surface area contributed by atoms with Gasteiger partial charge in [0.1, 0.15) is 0 Å². The van der Waals surface area contributed by atoms with E-state index in [4.69, 9.17) is 0 Å². The summed E-state index contributed by atoms with van der Waals surface area (Å²) in [5, 5.41) is 9.20. The molecule has 3 nitrogen and oxygen atoms in total. The molecule has 2 aliphatic carbocycles. The van der Waals surface area contributed by atoms with Crippen molar-refractivity contribution in [2.45, 2.75) is 38.1 Å². The first-order valence-electron chi connectivity index (χ1n) is 6.21. The Kier molecular flexibility index (Phi) is 2.23. The Bertz CT molecular complexity index is 269. The van der Waals surface area contributed by atoms with Gasteiger partial charge in [0.2, 0.25) is 5.91 Å². The first kappa shape index (κ1) is 9.64. The summed E-state index contributed by atoms with van der Waals surface area (Å²) in [6, 6.07) is 0.120. The monoisotopic (exact) mass is 209 g/mol. The summed E-state index contributed by atoms with van der Waals surface area (Å²) in [7, 11) is 0. The maximum Gasteiger partial charge on any atom is 0.226 e. The third kappa shape index (κ3) is 1.57. The summed E-state index contributed by atoms with van der Waals surface area (Å²) in [6.45, 7) is 1.02. The molecular weight excluding hydrogens is 190 g/mol. The molecule has 0 aromatic rings. The van der Waals surface area contributed by atoms with Gasteiger partial charge < -0.3 is 10.0 Å². The minimum atomic E-state index is 0.120.